The molecular formula is C18H18BrN3O2. The summed E-state index contributed by atoms with van der Waals surface area (Å²) in [4.78, 5) is 30.3. The van der Waals surface area contributed by atoms with Gasteiger partial charge in [0.2, 0.25) is 11.8 Å². The number of rotatable bonds is 4. The van der Waals surface area contributed by atoms with Crippen molar-refractivity contribution in [1.82, 2.24) is 10.3 Å². The van der Waals surface area contributed by atoms with Crippen molar-refractivity contribution in [3.05, 3.63) is 58.3 Å². The summed E-state index contributed by atoms with van der Waals surface area (Å²) in [5.74, 6) is -0.416. The van der Waals surface area contributed by atoms with Crippen molar-refractivity contribution in [1.29, 1.82) is 0 Å². The zero-order chi connectivity index (χ0) is 17.1. The molecule has 1 saturated heterocycles. The van der Waals surface area contributed by atoms with E-state index in [0.29, 0.717) is 13.1 Å². The summed E-state index contributed by atoms with van der Waals surface area (Å²) >= 11 is 3.46. The van der Waals surface area contributed by atoms with Gasteiger partial charge in [0.1, 0.15) is 0 Å². The molecule has 6 heteroatoms. The standard InChI is InChI=1S/C18H18BrN3O2/c1-12-8-15(2-3-16(12)19)22-11-14(9-17(22)23)18(24)21-10-13-4-6-20-7-5-13/h2-8,14H,9-11H2,1H3,(H,21,24). The molecule has 3 rings (SSSR count). The third-order valence-corrected chi connectivity index (χ3v) is 5.05. The monoisotopic (exact) mass is 387 g/mol. The number of amides is 2. The van der Waals surface area contributed by atoms with E-state index in [0.717, 1.165) is 21.3 Å². The zero-order valence-electron chi connectivity index (χ0n) is 13.3. The molecular weight excluding hydrogens is 370 g/mol. The van der Waals surface area contributed by atoms with Crippen LogP contribution >= 0.6 is 15.9 Å². The predicted molar refractivity (Wildman–Crippen MR) is 95.4 cm³/mol. The zero-order valence-corrected chi connectivity index (χ0v) is 14.9. The van der Waals surface area contributed by atoms with E-state index in [2.05, 4.69) is 26.2 Å². The second-order valence-corrected chi connectivity index (χ2v) is 6.77. The third kappa shape index (κ3) is 3.64. The smallest absolute Gasteiger partial charge is 0.227 e. The van der Waals surface area contributed by atoms with Crippen molar-refractivity contribution in [2.75, 3.05) is 11.4 Å². The highest BCUT2D eigenvalue weighted by Crippen LogP contribution is 2.28. The van der Waals surface area contributed by atoms with Crippen LogP contribution in [0.5, 0.6) is 0 Å². The molecule has 0 radical (unpaired) electrons. The Morgan fingerprint density at radius 2 is 2.08 bits per heavy atom. The van der Waals surface area contributed by atoms with Gasteiger partial charge in [-0.2, -0.15) is 0 Å². The Morgan fingerprint density at radius 3 is 2.79 bits per heavy atom. The SMILES string of the molecule is Cc1cc(N2CC(C(=O)NCc3ccncc3)CC2=O)ccc1Br. The maximum atomic E-state index is 12.3. The number of hydrogen-bond donors (Lipinski definition) is 1. The largest absolute Gasteiger partial charge is 0.352 e. The van der Waals surface area contributed by atoms with Gasteiger partial charge < -0.3 is 10.2 Å². The molecule has 2 amide bonds. The van der Waals surface area contributed by atoms with E-state index in [9.17, 15) is 9.59 Å². The van der Waals surface area contributed by atoms with Crippen LogP contribution in [0.15, 0.2) is 47.2 Å². The van der Waals surface area contributed by atoms with Gasteiger partial charge in [0.25, 0.3) is 0 Å². The van der Waals surface area contributed by atoms with Crippen LogP contribution in [0.1, 0.15) is 17.5 Å². The fourth-order valence-corrected chi connectivity index (χ4v) is 3.01. The highest BCUT2D eigenvalue weighted by molar-refractivity contribution is 9.10. The van der Waals surface area contributed by atoms with Gasteiger partial charge in [-0.05, 0) is 48.4 Å². The van der Waals surface area contributed by atoms with E-state index >= 15 is 0 Å². The predicted octanol–water partition coefficient (Wildman–Crippen LogP) is 2.82. The number of aryl methyl sites for hydroxylation is 1. The lowest BCUT2D eigenvalue weighted by molar-refractivity contribution is -0.126. The van der Waals surface area contributed by atoms with Crippen LogP contribution in [0.2, 0.25) is 0 Å². The number of benzene rings is 1. The molecule has 2 aromatic rings. The molecule has 1 aromatic carbocycles. The van der Waals surface area contributed by atoms with Crippen LogP contribution in [0.3, 0.4) is 0 Å². The lowest BCUT2D eigenvalue weighted by atomic mass is 10.1. The molecule has 1 aromatic heterocycles. The summed E-state index contributed by atoms with van der Waals surface area (Å²) < 4.78 is 1.00. The van der Waals surface area contributed by atoms with Crippen molar-refractivity contribution < 1.29 is 9.59 Å². The van der Waals surface area contributed by atoms with Crippen molar-refractivity contribution in [2.45, 2.75) is 19.9 Å². The molecule has 0 saturated carbocycles. The quantitative estimate of drug-likeness (QED) is 0.876. The van der Waals surface area contributed by atoms with Crippen LogP contribution < -0.4 is 10.2 Å². The number of carbonyl (C=O) groups excluding carboxylic acids is 2. The second-order valence-electron chi connectivity index (χ2n) is 5.91. The first kappa shape index (κ1) is 16.6. The molecule has 1 fully saturated rings. The van der Waals surface area contributed by atoms with Crippen LogP contribution in [0.25, 0.3) is 0 Å². The number of pyridine rings is 1. The van der Waals surface area contributed by atoms with E-state index in [-0.39, 0.29) is 24.2 Å². The van der Waals surface area contributed by atoms with Gasteiger partial charge in [0, 0.05) is 42.1 Å². The Bertz CT molecular complexity index is 764. The maximum Gasteiger partial charge on any atom is 0.227 e. The number of aromatic nitrogens is 1. The lowest BCUT2D eigenvalue weighted by Crippen LogP contribution is -2.32. The Balaban J connectivity index is 1.63. The number of halogens is 1. The lowest BCUT2D eigenvalue weighted by Gasteiger charge is -2.17. The van der Waals surface area contributed by atoms with Crippen LogP contribution in [-0.4, -0.2) is 23.3 Å². The number of carbonyl (C=O) groups is 2. The summed E-state index contributed by atoms with van der Waals surface area (Å²) in [5.41, 5.74) is 2.89. The highest BCUT2D eigenvalue weighted by Gasteiger charge is 2.35. The molecule has 124 valence electrons. The molecule has 0 spiro atoms. The molecule has 1 atom stereocenters. The fraction of sp³-hybridized carbons (Fsp3) is 0.278. The van der Waals surface area contributed by atoms with Crippen molar-refractivity contribution in [2.24, 2.45) is 5.92 Å². The average Bonchev–Trinajstić information content (AvgIpc) is 2.98. The van der Waals surface area contributed by atoms with Gasteiger partial charge in [-0.25, -0.2) is 0 Å². The first-order valence-electron chi connectivity index (χ1n) is 7.77. The van der Waals surface area contributed by atoms with Crippen molar-refractivity contribution >= 4 is 33.4 Å². The van der Waals surface area contributed by atoms with Crippen LogP contribution in [-0.2, 0) is 16.1 Å². The normalized spacial score (nSPS) is 17.2. The molecule has 1 unspecified atom stereocenters. The number of anilines is 1. The molecule has 0 bridgehead atoms. The van der Waals surface area contributed by atoms with E-state index in [1.807, 2.05) is 37.3 Å². The summed E-state index contributed by atoms with van der Waals surface area (Å²) in [7, 11) is 0. The first-order valence-corrected chi connectivity index (χ1v) is 8.57. The molecule has 1 aliphatic rings. The third-order valence-electron chi connectivity index (χ3n) is 4.17. The Labute approximate surface area is 149 Å². The molecule has 2 heterocycles. The highest BCUT2D eigenvalue weighted by atomic mass is 79.9. The Hall–Kier alpha value is -2.21. The minimum Gasteiger partial charge on any atom is -0.352 e. The number of hydrogen-bond acceptors (Lipinski definition) is 3. The molecule has 1 aliphatic heterocycles. The van der Waals surface area contributed by atoms with Gasteiger partial charge in [-0.1, -0.05) is 15.9 Å². The minimum atomic E-state index is -0.316. The fourth-order valence-electron chi connectivity index (χ4n) is 2.76. The van der Waals surface area contributed by atoms with E-state index in [1.165, 1.54) is 0 Å². The van der Waals surface area contributed by atoms with Gasteiger partial charge >= 0.3 is 0 Å². The van der Waals surface area contributed by atoms with Gasteiger partial charge in [0.15, 0.2) is 0 Å². The first-order chi connectivity index (χ1) is 11.5. The van der Waals surface area contributed by atoms with Crippen LogP contribution in [0.4, 0.5) is 5.69 Å². The number of nitrogens with zero attached hydrogens (tertiary/aromatic N) is 2. The molecule has 0 aliphatic carbocycles. The Kier molecular flexibility index (Phi) is 4.94. The minimum absolute atomic E-state index is 0.0132. The second kappa shape index (κ2) is 7.13. The van der Waals surface area contributed by atoms with Crippen molar-refractivity contribution in [3.8, 4) is 0 Å². The van der Waals surface area contributed by atoms with E-state index < -0.39 is 0 Å². The summed E-state index contributed by atoms with van der Waals surface area (Å²) in [6.45, 7) is 2.85. The van der Waals surface area contributed by atoms with E-state index in [1.54, 1.807) is 17.3 Å². The topological polar surface area (TPSA) is 62.3 Å². The van der Waals surface area contributed by atoms with Crippen molar-refractivity contribution in [3.63, 3.8) is 0 Å². The summed E-state index contributed by atoms with van der Waals surface area (Å²) in [6.07, 6.45) is 3.63. The molecule has 1 N–H and O–H groups in total. The summed E-state index contributed by atoms with van der Waals surface area (Å²) in [6, 6.07) is 9.49. The summed E-state index contributed by atoms with van der Waals surface area (Å²) in [5, 5.41) is 2.90. The Morgan fingerprint density at radius 1 is 1.33 bits per heavy atom. The molecule has 24 heavy (non-hydrogen) atoms. The van der Waals surface area contributed by atoms with Gasteiger partial charge in [0.05, 0.1) is 5.92 Å². The average molecular weight is 388 g/mol. The van der Waals surface area contributed by atoms with Gasteiger partial charge in [-0.15, -0.1) is 0 Å². The van der Waals surface area contributed by atoms with Gasteiger partial charge in [-0.3, -0.25) is 14.6 Å². The number of nitrogens with one attached hydrogen (secondary N) is 1. The molecule has 5 nitrogen and oxygen atoms in total. The maximum absolute atomic E-state index is 12.3. The van der Waals surface area contributed by atoms with E-state index in [4.69, 9.17) is 0 Å². The van der Waals surface area contributed by atoms with Crippen LogP contribution in [0, 0.1) is 12.8 Å².